The van der Waals surface area contributed by atoms with Gasteiger partial charge in [0.2, 0.25) is 5.91 Å². The lowest BCUT2D eigenvalue weighted by molar-refractivity contribution is -0.133. The van der Waals surface area contributed by atoms with E-state index in [2.05, 4.69) is 18.8 Å². The van der Waals surface area contributed by atoms with Crippen molar-refractivity contribution in [2.75, 3.05) is 13.1 Å². The average Bonchev–Trinajstić information content (AvgIpc) is 2.56. The third-order valence-electron chi connectivity index (χ3n) is 3.34. The summed E-state index contributed by atoms with van der Waals surface area (Å²) < 4.78 is 0. The van der Waals surface area contributed by atoms with E-state index in [1.165, 1.54) is 12.8 Å². The molecule has 1 rings (SSSR count). The number of amides is 1. The first-order valence-corrected chi connectivity index (χ1v) is 6.81. The molecule has 0 aromatic carbocycles. The monoisotopic (exact) mass is 238 g/mol. The first-order valence-electron chi connectivity index (χ1n) is 6.81. The lowest BCUT2D eigenvalue weighted by Crippen LogP contribution is -2.47. The molecule has 1 aliphatic rings. The van der Waals surface area contributed by atoms with Gasteiger partial charge in [0.15, 0.2) is 0 Å². The fourth-order valence-electron chi connectivity index (χ4n) is 2.38. The summed E-state index contributed by atoms with van der Waals surface area (Å²) in [6.07, 6.45) is 7.62. The van der Waals surface area contributed by atoms with Gasteiger partial charge in [-0.2, -0.15) is 0 Å². The molecule has 2 unspecified atom stereocenters. The lowest BCUT2D eigenvalue weighted by Gasteiger charge is -2.26. The Hall–Kier alpha value is -0.830. The number of carbonyl (C=O) groups excluding carboxylic acids is 1. The maximum atomic E-state index is 12.2. The highest BCUT2D eigenvalue weighted by molar-refractivity contribution is 5.81. The minimum absolute atomic E-state index is 0.0805. The molecule has 1 heterocycles. The summed E-state index contributed by atoms with van der Waals surface area (Å²) in [4.78, 5) is 14.2. The second kappa shape index (κ2) is 7.49. The maximum absolute atomic E-state index is 12.2. The van der Waals surface area contributed by atoms with Crippen molar-refractivity contribution in [3.05, 3.63) is 12.7 Å². The second-order valence-corrected chi connectivity index (χ2v) is 5.05. The summed E-state index contributed by atoms with van der Waals surface area (Å²) in [5.41, 5.74) is 0. The summed E-state index contributed by atoms with van der Waals surface area (Å²) in [7, 11) is 0. The van der Waals surface area contributed by atoms with Crippen molar-refractivity contribution in [3.8, 4) is 0 Å². The van der Waals surface area contributed by atoms with Crippen molar-refractivity contribution >= 4 is 5.91 Å². The highest BCUT2D eigenvalue weighted by Gasteiger charge is 2.21. The van der Waals surface area contributed by atoms with Gasteiger partial charge in [0.05, 0.1) is 6.04 Å². The van der Waals surface area contributed by atoms with Crippen molar-refractivity contribution < 1.29 is 4.79 Å². The Morgan fingerprint density at radius 2 is 1.88 bits per heavy atom. The van der Waals surface area contributed by atoms with E-state index in [0.29, 0.717) is 6.04 Å². The molecule has 2 atom stereocenters. The summed E-state index contributed by atoms with van der Waals surface area (Å²) in [6, 6.07) is 0.237. The first kappa shape index (κ1) is 14.2. The molecule has 0 aliphatic carbocycles. The van der Waals surface area contributed by atoms with Crippen LogP contribution in [0.25, 0.3) is 0 Å². The number of hydrogen-bond donors (Lipinski definition) is 1. The Bertz CT molecular complexity index is 245. The van der Waals surface area contributed by atoms with Gasteiger partial charge in [-0.1, -0.05) is 18.9 Å². The summed E-state index contributed by atoms with van der Waals surface area (Å²) >= 11 is 0. The third kappa shape index (κ3) is 4.90. The van der Waals surface area contributed by atoms with Crippen LogP contribution in [0.4, 0.5) is 0 Å². The predicted octanol–water partition coefficient (Wildman–Crippen LogP) is 2.33. The second-order valence-electron chi connectivity index (χ2n) is 5.05. The number of likely N-dealkylation sites (tertiary alicyclic amines) is 1. The predicted molar refractivity (Wildman–Crippen MR) is 71.9 cm³/mol. The van der Waals surface area contributed by atoms with Crippen LogP contribution in [-0.4, -0.2) is 36.0 Å². The van der Waals surface area contributed by atoms with Crippen LogP contribution >= 0.6 is 0 Å². The van der Waals surface area contributed by atoms with Crippen LogP contribution in [-0.2, 0) is 4.79 Å². The van der Waals surface area contributed by atoms with E-state index in [-0.39, 0.29) is 11.9 Å². The molecule has 0 aromatic heterocycles. The molecule has 1 N–H and O–H groups in total. The average molecular weight is 238 g/mol. The maximum Gasteiger partial charge on any atom is 0.239 e. The largest absolute Gasteiger partial charge is 0.341 e. The van der Waals surface area contributed by atoms with Gasteiger partial charge in [0.25, 0.3) is 0 Å². The van der Waals surface area contributed by atoms with Crippen molar-refractivity contribution in [1.82, 2.24) is 10.2 Å². The van der Waals surface area contributed by atoms with Crippen LogP contribution in [0.3, 0.4) is 0 Å². The van der Waals surface area contributed by atoms with Crippen molar-refractivity contribution in [2.24, 2.45) is 0 Å². The van der Waals surface area contributed by atoms with E-state index in [9.17, 15) is 4.79 Å². The summed E-state index contributed by atoms with van der Waals surface area (Å²) in [6.45, 7) is 9.64. The number of hydrogen-bond acceptors (Lipinski definition) is 2. The molecule has 17 heavy (non-hydrogen) atoms. The fraction of sp³-hybridized carbons (Fsp3) is 0.786. The van der Waals surface area contributed by atoms with Gasteiger partial charge in [-0.25, -0.2) is 0 Å². The Morgan fingerprint density at radius 3 is 2.41 bits per heavy atom. The number of carbonyl (C=O) groups is 1. The van der Waals surface area contributed by atoms with E-state index < -0.39 is 0 Å². The van der Waals surface area contributed by atoms with Crippen LogP contribution in [0.2, 0.25) is 0 Å². The molecule has 1 amide bonds. The Kier molecular flexibility index (Phi) is 6.27. The Labute approximate surface area is 105 Å². The van der Waals surface area contributed by atoms with E-state index in [1.807, 2.05) is 17.9 Å². The molecule has 0 bridgehead atoms. The molecule has 0 radical (unpaired) electrons. The van der Waals surface area contributed by atoms with Crippen molar-refractivity contribution in [1.29, 1.82) is 0 Å². The number of nitrogens with zero attached hydrogens (tertiary/aromatic N) is 1. The lowest BCUT2D eigenvalue weighted by atomic mass is 10.2. The van der Waals surface area contributed by atoms with Crippen molar-refractivity contribution in [2.45, 2.75) is 58.0 Å². The van der Waals surface area contributed by atoms with Gasteiger partial charge >= 0.3 is 0 Å². The van der Waals surface area contributed by atoms with Crippen LogP contribution in [0.1, 0.15) is 46.0 Å². The van der Waals surface area contributed by atoms with Crippen LogP contribution < -0.4 is 5.32 Å². The zero-order valence-electron chi connectivity index (χ0n) is 11.2. The molecule has 3 nitrogen and oxygen atoms in total. The minimum atomic E-state index is -0.0805. The van der Waals surface area contributed by atoms with E-state index in [0.717, 1.165) is 32.4 Å². The fourth-order valence-corrected chi connectivity index (χ4v) is 2.38. The zero-order chi connectivity index (χ0) is 12.7. The van der Waals surface area contributed by atoms with E-state index in [1.54, 1.807) is 0 Å². The molecule has 1 aliphatic heterocycles. The smallest absolute Gasteiger partial charge is 0.239 e. The molecule has 0 spiro atoms. The summed E-state index contributed by atoms with van der Waals surface area (Å²) in [5.74, 6) is 0.253. The van der Waals surface area contributed by atoms with Gasteiger partial charge in [-0.05, 0) is 33.1 Å². The van der Waals surface area contributed by atoms with Crippen LogP contribution in [0.5, 0.6) is 0 Å². The molecular weight excluding hydrogens is 212 g/mol. The molecule has 0 aromatic rings. The molecule has 1 fully saturated rings. The SMILES string of the molecule is C=CCC(C)NC(C)C(=O)N1CCCCCC1. The van der Waals surface area contributed by atoms with Gasteiger partial charge in [-0.3, -0.25) is 4.79 Å². The molecule has 0 saturated carbocycles. The van der Waals surface area contributed by atoms with Gasteiger partial charge < -0.3 is 10.2 Å². The normalized spacial score (nSPS) is 20.5. The van der Waals surface area contributed by atoms with Crippen molar-refractivity contribution in [3.63, 3.8) is 0 Å². The first-order chi connectivity index (χ1) is 8.15. The van der Waals surface area contributed by atoms with Crippen LogP contribution in [0.15, 0.2) is 12.7 Å². The van der Waals surface area contributed by atoms with E-state index >= 15 is 0 Å². The Morgan fingerprint density at radius 1 is 1.29 bits per heavy atom. The quantitative estimate of drug-likeness (QED) is 0.746. The van der Waals surface area contributed by atoms with Crippen LogP contribution in [0, 0.1) is 0 Å². The summed E-state index contributed by atoms with van der Waals surface area (Å²) in [5, 5.41) is 3.34. The molecule has 98 valence electrons. The van der Waals surface area contributed by atoms with Gasteiger partial charge in [-0.15, -0.1) is 6.58 Å². The highest BCUT2D eigenvalue weighted by atomic mass is 16.2. The molecule has 1 saturated heterocycles. The Balaban J connectivity index is 2.41. The molecular formula is C14H26N2O. The topological polar surface area (TPSA) is 32.3 Å². The number of nitrogens with one attached hydrogen (secondary N) is 1. The third-order valence-corrected chi connectivity index (χ3v) is 3.34. The highest BCUT2D eigenvalue weighted by Crippen LogP contribution is 2.11. The standard InChI is InChI=1S/C14H26N2O/c1-4-9-12(2)15-13(3)14(17)16-10-7-5-6-8-11-16/h4,12-13,15H,1,5-11H2,2-3H3. The van der Waals surface area contributed by atoms with Gasteiger partial charge in [0, 0.05) is 19.1 Å². The zero-order valence-corrected chi connectivity index (χ0v) is 11.2. The number of rotatable bonds is 5. The van der Waals surface area contributed by atoms with Gasteiger partial charge in [0.1, 0.15) is 0 Å². The minimum Gasteiger partial charge on any atom is -0.341 e. The van der Waals surface area contributed by atoms with E-state index in [4.69, 9.17) is 0 Å². The molecule has 3 heteroatoms.